The van der Waals surface area contributed by atoms with Crippen molar-refractivity contribution >= 4 is 11.3 Å². The summed E-state index contributed by atoms with van der Waals surface area (Å²) in [7, 11) is 3.23. The maximum atomic E-state index is 8.86. The van der Waals surface area contributed by atoms with E-state index in [-0.39, 0.29) is 0 Å². The Kier molecular flexibility index (Phi) is 4.26. The van der Waals surface area contributed by atoms with E-state index in [4.69, 9.17) is 14.7 Å². The number of hydrogen-bond acceptors (Lipinski definition) is 5. The zero-order chi connectivity index (χ0) is 16.2. The van der Waals surface area contributed by atoms with E-state index in [1.807, 2.05) is 35.7 Å². The van der Waals surface area contributed by atoms with Gasteiger partial charge in [0.05, 0.1) is 31.5 Å². The molecule has 2 aromatic carbocycles. The number of nitriles is 1. The summed E-state index contributed by atoms with van der Waals surface area (Å²) in [4.78, 5) is 4.68. The molecule has 0 spiro atoms. The number of ether oxygens (including phenoxy) is 2. The molecule has 0 fully saturated rings. The number of benzene rings is 2. The van der Waals surface area contributed by atoms with Gasteiger partial charge in [-0.3, -0.25) is 0 Å². The largest absolute Gasteiger partial charge is 0.493 e. The molecule has 4 nitrogen and oxygen atoms in total. The first kappa shape index (κ1) is 15.1. The summed E-state index contributed by atoms with van der Waals surface area (Å²) in [5.41, 5.74) is 3.51. The fourth-order valence-corrected chi connectivity index (χ4v) is 3.05. The van der Waals surface area contributed by atoms with Crippen molar-refractivity contribution in [1.82, 2.24) is 4.98 Å². The SMILES string of the molecule is COc1ccc(-c2nc(-c3ccc(C#N)cc3)cs2)cc1OC. The van der Waals surface area contributed by atoms with Crippen LogP contribution in [0.25, 0.3) is 21.8 Å². The first-order chi connectivity index (χ1) is 11.2. The van der Waals surface area contributed by atoms with Crippen LogP contribution in [-0.4, -0.2) is 19.2 Å². The zero-order valence-electron chi connectivity index (χ0n) is 12.7. The molecule has 1 heterocycles. The van der Waals surface area contributed by atoms with Gasteiger partial charge in [0, 0.05) is 16.5 Å². The van der Waals surface area contributed by atoms with E-state index in [9.17, 15) is 0 Å². The fraction of sp³-hybridized carbons (Fsp3) is 0.111. The molecular weight excluding hydrogens is 308 g/mol. The predicted octanol–water partition coefficient (Wildman–Crippen LogP) is 4.37. The molecular formula is C18H14N2O2S. The van der Waals surface area contributed by atoms with Crippen LogP contribution in [0.5, 0.6) is 11.5 Å². The third kappa shape index (κ3) is 3.03. The molecule has 3 rings (SSSR count). The van der Waals surface area contributed by atoms with E-state index in [1.165, 1.54) is 0 Å². The summed E-state index contributed by atoms with van der Waals surface area (Å²) in [5, 5.41) is 11.8. The maximum absolute atomic E-state index is 8.86. The lowest BCUT2D eigenvalue weighted by Crippen LogP contribution is -1.90. The van der Waals surface area contributed by atoms with E-state index in [0.29, 0.717) is 17.1 Å². The zero-order valence-corrected chi connectivity index (χ0v) is 13.6. The van der Waals surface area contributed by atoms with Gasteiger partial charge in [-0.05, 0) is 30.3 Å². The number of rotatable bonds is 4. The average Bonchev–Trinajstić information content (AvgIpc) is 3.11. The molecule has 23 heavy (non-hydrogen) atoms. The van der Waals surface area contributed by atoms with Gasteiger partial charge in [-0.1, -0.05) is 12.1 Å². The standard InChI is InChI=1S/C18H14N2O2S/c1-21-16-8-7-14(9-17(16)22-2)18-20-15(11-23-18)13-5-3-12(10-19)4-6-13/h3-9,11H,1-2H3. The lowest BCUT2D eigenvalue weighted by atomic mass is 10.1. The van der Waals surface area contributed by atoms with E-state index in [2.05, 4.69) is 11.1 Å². The molecule has 3 aromatic rings. The number of hydrogen-bond donors (Lipinski definition) is 0. The smallest absolute Gasteiger partial charge is 0.161 e. The van der Waals surface area contributed by atoms with Crippen molar-refractivity contribution in [2.24, 2.45) is 0 Å². The van der Waals surface area contributed by atoms with Crippen molar-refractivity contribution in [3.63, 3.8) is 0 Å². The minimum Gasteiger partial charge on any atom is -0.493 e. The summed E-state index contributed by atoms with van der Waals surface area (Å²) in [6, 6.07) is 15.3. The van der Waals surface area contributed by atoms with Gasteiger partial charge in [-0.15, -0.1) is 11.3 Å². The quantitative estimate of drug-likeness (QED) is 0.716. The molecule has 0 aliphatic rings. The van der Waals surface area contributed by atoms with E-state index in [1.54, 1.807) is 37.7 Å². The first-order valence-electron chi connectivity index (χ1n) is 6.93. The van der Waals surface area contributed by atoms with Crippen molar-refractivity contribution in [3.8, 4) is 39.4 Å². The van der Waals surface area contributed by atoms with E-state index < -0.39 is 0 Å². The number of aromatic nitrogens is 1. The second kappa shape index (κ2) is 6.51. The summed E-state index contributed by atoms with van der Waals surface area (Å²) in [6.45, 7) is 0. The van der Waals surface area contributed by atoms with Crippen molar-refractivity contribution in [3.05, 3.63) is 53.4 Å². The Morgan fingerprint density at radius 2 is 1.65 bits per heavy atom. The molecule has 0 saturated heterocycles. The molecule has 0 saturated carbocycles. The number of methoxy groups -OCH3 is 2. The highest BCUT2D eigenvalue weighted by molar-refractivity contribution is 7.13. The topological polar surface area (TPSA) is 55.1 Å². The summed E-state index contributed by atoms with van der Waals surface area (Å²) in [6.07, 6.45) is 0. The Morgan fingerprint density at radius 1 is 0.957 bits per heavy atom. The number of nitrogens with zero attached hydrogens (tertiary/aromatic N) is 2. The van der Waals surface area contributed by atoms with Gasteiger partial charge in [-0.25, -0.2) is 4.98 Å². The monoisotopic (exact) mass is 322 g/mol. The highest BCUT2D eigenvalue weighted by Crippen LogP contribution is 2.35. The molecule has 0 bridgehead atoms. The third-order valence-corrected chi connectivity index (χ3v) is 4.34. The minimum atomic E-state index is 0.643. The highest BCUT2D eigenvalue weighted by atomic mass is 32.1. The third-order valence-electron chi connectivity index (χ3n) is 3.44. The lowest BCUT2D eigenvalue weighted by Gasteiger charge is -2.08. The van der Waals surface area contributed by atoms with Crippen LogP contribution < -0.4 is 9.47 Å². The predicted molar refractivity (Wildman–Crippen MR) is 90.8 cm³/mol. The Labute approximate surface area is 138 Å². The van der Waals surface area contributed by atoms with Crippen molar-refractivity contribution in [2.45, 2.75) is 0 Å². The van der Waals surface area contributed by atoms with Crippen LogP contribution in [0.1, 0.15) is 5.56 Å². The highest BCUT2D eigenvalue weighted by Gasteiger charge is 2.10. The van der Waals surface area contributed by atoms with Crippen LogP contribution >= 0.6 is 11.3 Å². The van der Waals surface area contributed by atoms with Crippen molar-refractivity contribution < 1.29 is 9.47 Å². The summed E-state index contributed by atoms with van der Waals surface area (Å²) >= 11 is 1.57. The Hall–Kier alpha value is -2.84. The maximum Gasteiger partial charge on any atom is 0.161 e. The lowest BCUT2D eigenvalue weighted by molar-refractivity contribution is 0.355. The average molecular weight is 322 g/mol. The second-order valence-electron chi connectivity index (χ2n) is 4.80. The van der Waals surface area contributed by atoms with Crippen LogP contribution in [0.15, 0.2) is 47.8 Å². The van der Waals surface area contributed by atoms with Gasteiger partial charge in [0.15, 0.2) is 11.5 Å². The van der Waals surface area contributed by atoms with Crippen LogP contribution in [0.2, 0.25) is 0 Å². The molecule has 5 heteroatoms. The van der Waals surface area contributed by atoms with Crippen LogP contribution in [0.3, 0.4) is 0 Å². The summed E-state index contributed by atoms with van der Waals surface area (Å²) in [5.74, 6) is 1.38. The van der Waals surface area contributed by atoms with Crippen molar-refractivity contribution in [2.75, 3.05) is 14.2 Å². The van der Waals surface area contributed by atoms with Crippen LogP contribution in [0.4, 0.5) is 0 Å². The van der Waals surface area contributed by atoms with Gasteiger partial charge >= 0.3 is 0 Å². The minimum absolute atomic E-state index is 0.643. The first-order valence-corrected chi connectivity index (χ1v) is 7.81. The van der Waals surface area contributed by atoms with Gasteiger partial charge in [0.2, 0.25) is 0 Å². The number of thiazole rings is 1. The van der Waals surface area contributed by atoms with Crippen molar-refractivity contribution in [1.29, 1.82) is 5.26 Å². The molecule has 0 aliphatic heterocycles. The van der Waals surface area contributed by atoms with E-state index >= 15 is 0 Å². The Bertz CT molecular complexity index is 863. The fourth-order valence-electron chi connectivity index (χ4n) is 2.22. The molecule has 0 N–H and O–H groups in total. The van der Waals surface area contributed by atoms with Crippen LogP contribution in [-0.2, 0) is 0 Å². The Balaban J connectivity index is 1.93. The summed E-state index contributed by atoms with van der Waals surface area (Å²) < 4.78 is 10.6. The second-order valence-corrected chi connectivity index (χ2v) is 5.65. The molecule has 0 atom stereocenters. The van der Waals surface area contributed by atoms with Gasteiger partial charge < -0.3 is 9.47 Å². The van der Waals surface area contributed by atoms with Crippen LogP contribution in [0, 0.1) is 11.3 Å². The molecule has 114 valence electrons. The molecule has 0 radical (unpaired) electrons. The molecule has 0 unspecified atom stereocenters. The van der Waals surface area contributed by atoms with E-state index in [0.717, 1.165) is 21.8 Å². The van der Waals surface area contributed by atoms with Gasteiger partial charge in [0.1, 0.15) is 5.01 Å². The molecule has 1 aromatic heterocycles. The van der Waals surface area contributed by atoms with Gasteiger partial charge in [0.25, 0.3) is 0 Å². The normalized spacial score (nSPS) is 10.1. The van der Waals surface area contributed by atoms with Gasteiger partial charge in [-0.2, -0.15) is 5.26 Å². The molecule has 0 aliphatic carbocycles. The molecule has 0 amide bonds. The Morgan fingerprint density at radius 3 is 2.30 bits per heavy atom.